The number of aryl methyl sites for hydroxylation is 1. The van der Waals surface area contributed by atoms with Gasteiger partial charge in [-0.3, -0.25) is 0 Å². The van der Waals surface area contributed by atoms with Crippen LogP contribution in [0.4, 0.5) is 0 Å². The van der Waals surface area contributed by atoms with Crippen molar-refractivity contribution in [3.63, 3.8) is 0 Å². The maximum Gasteiger partial charge on any atom is 0.119 e. The summed E-state index contributed by atoms with van der Waals surface area (Å²) in [6, 6.07) is 18.0. The summed E-state index contributed by atoms with van der Waals surface area (Å²) in [6.45, 7) is 4.70. The van der Waals surface area contributed by atoms with E-state index in [0.29, 0.717) is 6.61 Å². The number of para-hydroxylation sites is 1. The topological polar surface area (TPSA) is 29.5 Å². The lowest BCUT2D eigenvalue weighted by atomic mass is 9.55. The fraction of sp³-hybridized carbons (Fsp3) is 0.368. The monoisotopic (exact) mass is 282 g/mol. The Bertz CT molecular complexity index is 605. The molecule has 0 radical (unpaired) electrons. The van der Waals surface area contributed by atoms with Gasteiger partial charge < -0.3 is 9.84 Å². The fourth-order valence-electron chi connectivity index (χ4n) is 3.06. The maximum absolute atomic E-state index is 11.1. The number of hydrogen-bond donors (Lipinski definition) is 1. The Labute approximate surface area is 126 Å². The van der Waals surface area contributed by atoms with E-state index in [1.165, 1.54) is 5.56 Å². The molecule has 2 nitrogen and oxygen atoms in total. The molecule has 2 atom stereocenters. The largest absolute Gasteiger partial charge is 0.493 e. The van der Waals surface area contributed by atoms with Crippen molar-refractivity contribution < 1.29 is 9.84 Å². The van der Waals surface area contributed by atoms with Crippen LogP contribution in [0.3, 0.4) is 0 Å². The van der Waals surface area contributed by atoms with E-state index in [4.69, 9.17) is 4.74 Å². The van der Waals surface area contributed by atoms with E-state index in [-0.39, 0.29) is 5.41 Å². The van der Waals surface area contributed by atoms with Crippen LogP contribution in [0.5, 0.6) is 5.75 Å². The van der Waals surface area contributed by atoms with Gasteiger partial charge in [-0.25, -0.2) is 0 Å². The molecule has 0 saturated heterocycles. The van der Waals surface area contributed by atoms with Crippen LogP contribution in [0, 0.1) is 12.3 Å². The summed E-state index contributed by atoms with van der Waals surface area (Å²) in [5.74, 6) is 0.858. The van der Waals surface area contributed by atoms with Gasteiger partial charge in [-0.05, 0) is 37.5 Å². The highest BCUT2D eigenvalue weighted by Gasteiger charge is 2.56. The molecule has 110 valence electrons. The molecule has 1 fully saturated rings. The van der Waals surface area contributed by atoms with E-state index in [1.807, 2.05) is 42.5 Å². The third-order valence-electron chi connectivity index (χ3n) is 4.87. The average molecular weight is 282 g/mol. The Morgan fingerprint density at radius 3 is 2.24 bits per heavy atom. The molecule has 3 rings (SSSR count). The Balaban J connectivity index is 1.76. The molecule has 1 saturated carbocycles. The standard InChI is InChI=1S/C19H22O2/c1-15-8-10-16(11-9-15)19(20)13-12-18(19,2)14-21-17-6-4-3-5-7-17/h3-11,20H,12-14H2,1-2H3/t18-,19+/m0/s1. The highest BCUT2D eigenvalue weighted by atomic mass is 16.5. The molecule has 0 unspecified atom stereocenters. The molecule has 0 aliphatic heterocycles. The first-order valence-corrected chi connectivity index (χ1v) is 7.51. The summed E-state index contributed by atoms with van der Waals surface area (Å²) >= 11 is 0. The minimum atomic E-state index is -0.782. The van der Waals surface area contributed by atoms with Crippen LogP contribution >= 0.6 is 0 Å². The lowest BCUT2D eigenvalue weighted by Crippen LogP contribution is -2.56. The third-order valence-corrected chi connectivity index (χ3v) is 4.87. The van der Waals surface area contributed by atoms with Crippen molar-refractivity contribution in [2.75, 3.05) is 6.61 Å². The second-order valence-electron chi connectivity index (χ2n) is 6.39. The molecular formula is C19H22O2. The predicted octanol–water partition coefficient (Wildman–Crippen LogP) is 4.06. The van der Waals surface area contributed by atoms with Crippen LogP contribution in [0.2, 0.25) is 0 Å². The SMILES string of the molecule is Cc1ccc([C@]2(O)CC[C@@]2(C)COc2ccccc2)cc1. The van der Waals surface area contributed by atoms with E-state index < -0.39 is 5.60 Å². The molecule has 0 spiro atoms. The quantitative estimate of drug-likeness (QED) is 0.916. The van der Waals surface area contributed by atoms with Gasteiger partial charge in [0.15, 0.2) is 0 Å². The van der Waals surface area contributed by atoms with Gasteiger partial charge in [0.25, 0.3) is 0 Å². The van der Waals surface area contributed by atoms with Gasteiger partial charge in [-0.15, -0.1) is 0 Å². The fourth-order valence-corrected chi connectivity index (χ4v) is 3.06. The van der Waals surface area contributed by atoms with Crippen LogP contribution in [0.25, 0.3) is 0 Å². The molecular weight excluding hydrogens is 260 g/mol. The van der Waals surface area contributed by atoms with Crippen molar-refractivity contribution in [2.45, 2.75) is 32.3 Å². The zero-order valence-corrected chi connectivity index (χ0v) is 12.7. The van der Waals surface area contributed by atoms with E-state index in [2.05, 4.69) is 26.0 Å². The molecule has 21 heavy (non-hydrogen) atoms. The Morgan fingerprint density at radius 1 is 1.00 bits per heavy atom. The summed E-state index contributed by atoms with van der Waals surface area (Å²) in [5, 5.41) is 11.1. The molecule has 0 aromatic heterocycles. The lowest BCUT2D eigenvalue weighted by molar-refractivity contribution is -0.180. The minimum absolute atomic E-state index is 0.238. The second-order valence-corrected chi connectivity index (χ2v) is 6.39. The van der Waals surface area contributed by atoms with Gasteiger partial charge >= 0.3 is 0 Å². The van der Waals surface area contributed by atoms with Gasteiger partial charge in [0.2, 0.25) is 0 Å². The summed E-state index contributed by atoms with van der Waals surface area (Å²) in [4.78, 5) is 0. The number of ether oxygens (including phenoxy) is 1. The van der Waals surface area contributed by atoms with Gasteiger partial charge in [0.05, 0.1) is 12.2 Å². The molecule has 1 aliphatic carbocycles. The number of benzene rings is 2. The molecule has 0 heterocycles. The van der Waals surface area contributed by atoms with Crippen molar-refractivity contribution in [2.24, 2.45) is 5.41 Å². The van der Waals surface area contributed by atoms with Crippen molar-refractivity contribution in [1.82, 2.24) is 0 Å². The van der Waals surface area contributed by atoms with Crippen LogP contribution in [-0.2, 0) is 5.60 Å². The summed E-state index contributed by atoms with van der Waals surface area (Å²) < 4.78 is 5.89. The van der Waals surface area contributed by atoms with Crippen LogP contribution < -0.4 is 4.74 Å². The highest BCUT2D eigenvalue weighted by molar-refractivity contribution is 5.32. The van der Waals surface area contributed by atoms with Crippen molar-refractivity contribution in [3.05, 3.63) is 65.7 Å². The van der Waals surface area contributed by atoms with Crippen molar-refractivity contribution in [3.8, 4) is 5.75 Å². The van der Waals surface area contributed by atoms with E-state index in [9.17, 15) is 5.11 Å². The van der Waals surface area contributed by atoms with Crippen molar-refractivity contribution >= 4 is 0 Å². The van der Waals surface area contributed by atoms with Gasteiger partial charge in [0, 0.05) is 5.41 Å². The van der Waals surface area contributed by atoms with Crippen molar-refractivity contribution in [1.29, 1.82) is 0 Å². The zero-order chi connectivity index (χ0) is 14.9. The number of rotatable bonds is 4. The summed E-state index contributed by atoms with van der Waals surface area (Å²) in [5.41, 5.74) is 1.19. The molecule has 1 aliphatic rings. The van der Waals surface area contributed by atoms with Gasteiger partial charge in [0.1, 0.15) is 5.75 Å². The molecule has 2 aromatic rings. The molecule has 1 N–H and O–H groups in total. The Hall–Kier alpha value is -1.80. The van der Waals surface area contributed by atoms with Crippen LogP contribution in [-0.4, -0.2) is 11.7 Å². The first-order valence-electron chi connectivity index (χ1n) is 7.51. The van der Waals surface area contributed by atoms with Gasteiger partial charge in [-0.1, -0.05) is 55.0 Å². The number of aliphatic hydroxyl groups is 1. The van der Waals surface area contributed by atoms with Gasteiger partial charge in [-0.2, -0.15) is 0 Å². The first-order chi connectivity index (χ1) is 10.0. The average Bonchev–Trinajstić information content (AvgIpc) is 2.52. The Kier molecular flexibility index (Phi) is 3.50. The third kappa shape index (κ3) is 2.44. The first kappa shape index (κ1) is 14.2. The molecule has 2 aromatic carbocycles. The van der Waals surface area contributed by atoms with Crippen LogP contribution in [0.1, 0.15) is 30.9 Å². The Morgan fingerprint density at radius 2 is 1.67 bits per heavy atom. The summed E-state index contributed by atoms with van der Waals surface area (Å²) in [7, 11) is 0. The minimum Gasteiger partial charge on any atom is -0.493 e. The second kappa shape index (κ2) is 5.19. The van der Waals surface area contributed by atoms with E-state index in [1.54, 1.807) is 0 Å². The number of hydrogen-bond acceptors (Lipinski definition) is 2. The molecule has 0 bridgehead atoms. The zero-order valence-electron chi connectivity index (χ0n) is 12.7. The molecule has 0 amide bonds. The molecule has 2 heteroatoms. The van der Waals surface area contributed by atoms with E-state index >= 15 is 0 Å². The normalized spacial score (nSPS) is 28.0. The van der Waals surface area contributed by atoms with E-state index in [0.717, 1.165) is 24.2 Å². The highest BCUT2D eigenvalue weighted by Crippen LogP contribution is 2.56. The van der Waals surface area contributed by atoms with Crippen LogP contribution in [0.15, 0.2) is 54.6 Å². The predicted molar refractivity (Wildman–Crippen MR) is 84.4 cm³/mol. The lowest BCUT2D eigenvalue weighted by Gasteiger charge is -2.54. The maximum atomic E-state index is 11.1. The smallest absolute Gasteiger partial charge is 0.119 e. The summed E-state index contributed by atoms with van der Waals surface area (Å²) in [6.07, 6.45) is 1.77.